The third-order valence-electron chi connectivity index (χ3n) is 2.13. The molecule has 0 aliphatic rings. The molecule has 2 N–H and O–H groups in total. The molecule has 0 aliphatic carbocycles. The van der Waals surface area contributed by atoms with Crippen LogP contribution in [0, 0.1) is 3.83 Å². The Labute approximate surface area is 95.7 Å². The first-order chi connectivity index (χ1) is 6.59. The molecule has 2 heterocycles. The van der Waals surface area contributed by atoms with Gasteiger partial charge in [-0.3, -0.25) is 0 Å². The molecule has 74 valence electrons. The van der Waals surface area contributed by atoms with Gasteiger partial charge in [0.05, 0.1) is 5.39 Å². The van der Waals surface area contributed by atoms with E-state index >= 15 is 0 Å². The van der Waals surface area contributed by atoms with Crippen molar-refractivity contribution in [3.63, 3.8) is 0 Å². The van der Waals surface area contributed by atoms with Gasteiger partial charge in [-0.2, -0.15) is 0 Å². The Morgan fingerprint density at radius 1 is 1.43 bits per heavy atom. The maximum Gasteiger partial charge on any atom is 0.194 e. The second-order valence-electron chi connectivity index (χ2n) is 3.43. The predicted octanol–water partition coefficient (Wildman–Crippen LogP) is 2.20. The van der Waals surface area contributed by atoms with E-state index in [0.717, 1.165) is 11.0 Å². The summed E-state index contributed by atoms with van der Waals surface area (Å²) >= 11 is 2.08. The first-order valence-corrected chi connectivity index (χ1v) is 5.47. The Hall–Kier alpha value is -0.850. The van der Waals surface area contributed by atoms with Crippen molar-refractivity contribution in [1.29, 1.82) is 0 Å². The monoisotopic (exact) mass is 302 g/mol. The van der Waals surface area contributed by atoms with Crippen molar-refractivity contribution in [3.8, 4) is 0 Å². The minimum Gasteiger partial charge on any atom is -0.383 e. The Morgan fingerprint density at radius 2 is 2.14 bits per heavy atom. The van der Waals surface area contributed by atoms with E-state index < -0.39 is 0 Å². The molecule has 4 nitrogen and oxygen atoms in total. The minimum atomic E-state index is 0.387. The zero-order valence-corrected chi connectivity index (χ0v) is 10.2. The largest absolute Gasteiger partial charge is 0.383 e. The molecule has 0 aromatic carbocycles. The first-order valence-electron chi connectivity index (χ1n) is 4.39. The third kappa shape index (κ3) is 1.45. The maximum atomic E-state index is 5.80. The van der Waals surface area contributed by atoms with Crippen LogP contribution >= 0.6 is 22.6 Å². The maximum absolute atomic E-state index is 5.80. The number of aromatic nitrogens is 3. The summed E-state index contributed by atoms with van der Waals surface area (Å²) < 4.78 is 2.78. The summed E-state index contributed by atoms with van der Waals surface area (Å²) in [5.41, 5.74) is 6.72. The van der Waals surface area contributed by atoms with E-state index in [1.54, 1.807) is 0 Å². The molecule has 0 aliphatic heterocycles. The Balaban J connectivity index is 2.78. The Morgan fingerprint density at radius 3 is 2.79 bits per heavy atom. The van der Waals surface area contributed by atoms with Crippen LogP contribution in [0.5, 0.6) is 0 Å². The van der Waals surface area contributed by atoms with Crippen molar-refractivity contribution < 1.29 is 0 Å². The Kier molecular flexibility index (Phi) is 2.34. The van der Waals surface area contributed by atoms with Crippen LogP contribution in [-0.4, -0.2) is 14.5 Å². The van der Waals surface area contributed by atoms with Crippen molar-refractivity contribution in [2.24, 2.45) is 0 Å². The molecule has 0 unspecified atom stereocenters. The number of fused-ring (bicyclic) bond motifs is 1. The van der Waals surface area contributed by atoms with Crippen LogP contribution in [0.1, 0.15) is 19.9 Å². The first kappa shape index (κ1) is 9.70. The number of hydrogen-bond donors (Lipinski definition) is 1. The molecule has 2 aromatic rings. The molecule has 14 heavy (non-hydrogen) atoms. The Bertz CT molecular complexity index is 475. The van der Waals surface area contributed by atoms with E-state index in [1.165, 1.54) is 0 Å². The summed E-state index contributed by atoms with van der Waals surface area (Å²) in [7, 11) is 0. The SMILES string of the molecule is CC(C)n1ccc2c(N)nc(I)nc21. The highest BCUT2D eigenvalue weighted by atomic mass is 127. The summed E-state index contributed by atoms with van der Waals surface area (Å²) in [6.45, 7) is 4.23. The number of halogens is 1. The van der Waals surface area contributed by atoms with Crippen molar-refractivity contribution in [2.75, 3.05) is 5.73 Å². The van der Waals surface area contributed by atoms with Gasteiger partial charge < -0.3 is 10.3 Å². The lowest BCUT2D eigenvalue weighted by Crippen LogP contribution is -2.03. The van der Waals surface area contributed by atoms with Crippen molar-refractivity contribution >= 4 is 39.4 Å². The van der Waals surface area contributed by atoms with Gasteiger partial charge in [-0.15, -0.1) is 0 Å². The molecule has 0 saturated carbocycles. The van der Waals surface area contributed by atoms with E-state index in [4.69, 9.17) is 5.73 Å². The molecule has 0 atom stereocenters. The smallest absolute Gasteiger partial charge is 0.194 e. The van der Waals surface area contributed by atoms with Gasteiger partial charge in [0.25, 0.3) is 0 Å². The standard InChI is InChI=1S/C9H11IN4/c1-5(2)14-4-3-6-7(11)12-9(10)13-8(6)14/h3-5H,1-2H3,(H2,11,12,13). The molecule has 5 heteroatoms. The minimum absolute atomic E-state index is 0.387. The summed E-state index contributed by atoms with van der Waals surface area (Å²) in [6, 6.07) is 2.35. The van der Waals surface area contributed by atoms with Crippen LogP contribution < -0.4 is 5.73 Å². The van der Waals surface area contributed by atoms with Crippen molar-refractivity contribution in [3.05, 3.63) is 16.1 Å². The lowest BCUT2D eigenvalue weighted by Gasteiger charge is -2.08. The normalized spacial score (nSPS) is 11.4. The van der Waals surface area contributed by atoms with Gasteiger partial charge in [-0.25, -0.2) is 9.97 Å². The molecule has 2 aromatic heterocycles. The van der Waals surface area contributed by atoms with E-state index in [2.05, 4.69) is 51.0 Å². The lowest BCUT2D eigenvalue weighted by molar-refractivity contribution is 0.617. The topological polar surface area (TPSA) is 56.7 Å². The number of nitrogen functional groups attached to an aromatic ring is 1. The third-order valence-corrected chi connectivity index (χ3v) is 2.61. The molecular weight excluding hydrogens is 291 g/mol. The van der Waals surface area contributed by atoms with Crippen LogP contribution in [-0.2, 0) is 0 Å². The predicted molar refractivity (Wildman–Crippen MR) is 65.0 cm³/mol. The summed E-state index contributed by atoms with van der Waals surface area (Å²) in [6.07, 6.45) is 2.00. The number of nitrogens with zero attached hydrogens (tertiary/aromatic N) is 3. The molecule has 0 bridgehead atoms. The zero-order valence-electron chi connectivity index (χ0n) is 8.03. The van der Waals surface area contributed by atoms with E-state index in [1.807, 2.05) is 12.3 Å². The number of anilines is 1. The summed E-state index contributed by atoms with van der Waals surface area (Å²) in [5.74, 6) is 0.554. The van der Waals surface area contributed by atoms with Gasteiger partial charge in [0.1, 0.15) is 11.5 Å². The fourth-order valence-electron chi connectivity index (χ4n) is 1.45. The fourth-order valence-corrected chi connectivity index (χ4v) is 1.93. The van der Waals surface area contributed by atoms with Crippen LogP contribution in [0.25, 0.3) is 11.0 Å². The summed E-state index contributed by atoms with van der Waals surface area (Å²) in [4.78, 5) is 8.49. The van der Waals surface area contributed by atoms with Gasteiger partial charge >= 0.3 is 0 Å². The number of rotatable bonds is 1. The molecule has 0 amide bonds. The fraction of sp³-hybridized carbons (Fsp3) is 0.333. The second-order valence-corrected chi connectivity index (χ2v) is 4.40. The van der Waals surface area contributed by atoms with E-state index in [-0.39, 0.29) is 0 Å². The molecule has 0 saturated heterocycles. The highest BCUT2D eigenvalue weighted by Gasteiger charge is 2.09. The summed E-state index contributed by atoms with van der Waals surface area (Å²) in [5, 5.41) is 0.930. The quantitative estimate of drug-likeness (QED) is 0.649. The zero-order chi connectivity index (χ0) is 10.3. The van der Waals surface area contributed by atoms with E-state index in [0.29, 0.717) is 15.7 Å². The van der Waals surface area contributed by atoms with Gasteiger partial charge in [-0.05, 0) is 19.9 Å². The number of nitrogens with two attached hydrogens (primary N) is 1. The molecule has 0 fully saturated rings. The number of hydrogen-bond acceptors (Lipinski definition) is 3. The lowest BCUT2D eigenvalue weighted by atomic mass is 10.4. The van der Waals surface area contributed by atoms with E-state index in [9.17, 15) is 0 Å². The molecular formula is C9H11IN4. The van der Waals surface area contributed by atoms with Gasteiger partial charge in [0, 0.05) is 34.8 Å². The van der Waals surface area contributed by atoms with Crippen LogP contribution in [0.3, 0.4) is 0 Å². The van der Waals surface area contributed by atoms with Crippen LogP contribution in [0.2, 0.25) is 0 Å². The second kappa shape index (κ2) is 3.38. The van der Waals surface area contributed by atoms with Crippen molar-refractivity contribution in [1.82, 2.24) is 14.5 Å². The average molecular weight is 302 g/mol. The van der Waals surface area contributed by atoms with Gasteiger partial charge in [0.2, 0.25) is 0 Å². The molecule has 0 spiro atoms. The van der Waals surface area contributed by atoms with Crippen LogP contribution in [0.15, 0.2) is 12.3 Å². The highest BCUT2D eigenvalue weighted by molar-refractivity contribution is 14.1. The molecule has 0 radical (unpaired) electrons. The average Bonchev–Trinajstić information content (AvgIpc) is 2.47. The van der Waals surface area contributed by atoms with Gasteiger partial charge in [0.15, 0.2) is 3.83 Å². The molecule has 2 rings (SSSR count). The van der Waals surface area contributed by atoms with Crippen LogP contribution in [0.4, 0.5) is 5.82 Å². The van der Waals surface area contributed by atoms with Gasteiger partial charge in [-0.1, -0.05) is 0 Å². The van der Waals surface area contributed by atoms with Crippen molar-refractivity contribution in [2.45, 2.75) is 19.9 Å². The highest BCUT2D eigenvalue weighted by Crippen LogP contribution is 2.22.